The zero-order valence-electron chi connectivity index (χ0n) is 16.9. The summed E-state index contributed by atoms with van der Waals surface area (Å²) in [6.45, 7) is 6.57. The highest BCUT2D eigenvalue weighted by molar-refractivity contribution is 5.27. The molecule has 28 heavy (non-hydrogen) atoms. The number of piperidine rings is 1. The maximum Gasteiger partial charge on any atom is 0.128 e. The van der Waals surface area contributed by atoms with Gasteiger partial charge in [0.05, 0.1) is 6.10 Å². The molecule has 0 N–H and O–H groups in total. The van der Waals surface area contributed by atoms with Crippen LogP contribution in [0.25, 0.3) is 0 Å². The van der Waals surface area contributed by atoms with Crippen LogP contribution in [0.5, 0.6) is 5.75 Å². The SMILES string of the molecule is CC(C)Oc1ccc(CN(Cc2ccc(F)cc2)[C@@H]2CCN(C)C[C@@H]2F)cc1. The van der Waals surface area contributed by atoms with Gasteiger partial charge in [0.1, 0.15) is 17.7 Å². The van der Waals surface area contributed by atoms with Crippen LogP contribution in [0.1, 0.15) is 31.4 Å². The third kappa shape index (κ3) is 5.76. The van der Waals surface area contributed by atoms with Crippen LogP contribution in [0.3, 0.4) is 0 Å². The lowest BCUT2D eigenvalue weighted by Gasteiger charge is -2.39. The van der Waals surface area contributed by atoms with Crippen molar-refractivity contribution in [3.63, 3.8) is 0 Å². The summed E-state index contributed by atoms with van der Waals surface area (Å²) in [6.07, 6.45) is 0.0167. The topological polar surface area (TPSA) is 15.7 Å². The lowest BCUT2D eigenvalue weighted by molar-refractivity contribution is 0.0342. The maximum atomic E-state index is 14.9. The molecule has 1 aliphatic heterocycles. The van der Waals surface area contributed by atoms with Crippen LogP contribution in [0.15, 0.2) is 48.5 Å². The van der Waals surface area contributed by atoms with Crippen LogP contribution >= 0.6 is 0 Å². The highest BCUT2D eigenvalue weighted by Crippen LogP contribution is 2.24. The molecule has 1 aliphatic rings. The fourth-order valence-electron chi connectivity index (χ4n) is 3.75. The molecule has 0 saturated carbocycles. The smallest absolute Gasteiger partial charge is 0.128 e. The van der Waals surface area contributed by atoms with E-state index in [0.29, 0.717) is 19.6 Å². The Hall–Kier alpha value is -1.98. The average molecular weight is 389 g/mol. The molecule has 1 heterocycles. The zero-order chi connectivity index (χ0) is 20.1. The van der Waals surface area contributed by atoms with Gasteiger partial charge in [0.25, 0.3) is 0 Å². The molecule has 0 unspecified atom stereocenters. The number of benzene rings is 2. The Bertz CT molecular complexity index is 733. The second-order valence-corrected chi connectivity index (χ2v) is 7.98. The van der Waals surface area contributed by atoms with E-state index >= 15 is 0 Å². The highest BCUT2D eigenvalue weighted by Gasteiger charge is 2.32. The van der Waals surface area contributed by atoms with E-state index in [1.807, 2.05) is 50.1 Å². The molecule has 3 nitrogen and oxygen atoms in total. The minimum absolute atomic E-state index is 0.132. The highest BCUT2D eigenvalue weighted by atomic mass is 19.1. The van der Waals surface area contributed by atoms with Gasteiger partial charge in [0, 0.05) is 25.7 Å². The van der Waals surface area contributed by atoms with E-state index in [9.17, 15) is 8.78 Å². The predicted molar refractivity (Wildman–Crippen MR) is 109 cm³/mol. The summed E-state index contributed by atoms with van der Waals surface area (Å²) in [5, 5.41) is 0. The molecule has 0 aliphatic carbocycles. The van der Waals surface area contributed by atoms with E-state index in [1.54, 1.807) is 12.1 Å². The van der Waals surface area contributed by atoms with Crippen molar-refractivity contribution in [2.24, 2.45) is 0 Å². The van der Waals surface area contributed by atoms with Gasteiger partial charge in [-0.15, -0.1) is 0 Å². The number of halogens is 2. The summed E-state index contributed by atoms with van der Waals surface area (Å²) in [6, 6.07) is 14.4. The summed E-state index contributed by atoms with van der Waals surface area (Å²) < 4.78 is 33.8. The number of likely N-dealkylation sites (tertiary alicyclic amines) is 1. The van der Waals surface area contributed by atoms with Gasteiger partial charge in [0.2, 0.25) is 0 Å². The minimum atomic E-state index is -0.900. The summed E-state index contributed by atoms with van der Waals surface area (Å²) in [7, 11) is 1.96. The first kappa shape index (κ1) is 20.7. The Morgan fingerprint density at radius 1 is 1.04 bits per heavy atom. The Morgan fingerprint density at radius 3 is 2.14 bits per heavy atom. The second-order valence-electron chi connectivity index (χ2n) is 7.98. The molecular weight excluding hydrogens is 358 g/mol. The van der Waals surface area contributed by atoms with Crippen molar-refractivity contribution in [2.45, 2.75) is 51.7 Å². The van der Waals surface area contributed by atoms with Gasteiger partial charge < -0.3 is 9.64 Å². The van der Waals surface area contributed by atoms with Crippen molar-refractivity contribution >= 4 is 0 Å². The quantitative estimate of drug-likeness (QED) is 0.686. The molecule has 152 valence electrons. The molecule has 0 radical (unpaired) electrons. The van der Waals surface area contributed by atoms with Gasteiger partial charge in [-0.3, -0.25) is 4.90 Å². The molecule has 1 fully saturated rings. The van der Waals surface area contributed by atoms with Crippen molar-refractivity contribution in [1.82, 2.24) is 9.80 Å². The van der Waals surface area contributed by atoms with Crippen LogP contribution < -0.4 is 4.74 Å². The fraction of sp³-hybridized carbons (Fsp3) is 0.478. The summed E-state index contributed by atoms with van der Waals surface area (Å²) in [5.41, 5.74) is 2.11. The molecule has 3 rings (SSSR count). The van der Waals surface area contributed by atoms with Crippen LogP contribution in [0, 0.1) is 5.82 Å². The van der Waals surface area contributed by atoms with E-state index in [2.05, 4.69) is 4.90 Å². The van der Waals surface area contributed by atoms with Crippen molar-refractivity contribution < 1.29 is 13.5 Å². The molecule has 2 aromatic carbocycles. The van der Waals surface area contributed by atoms with E-state index in [-0.39, 0.29) is 18.0 Å². The standard InChI is InChI=1S/C23H30F2N2O/c1-17(2)28-21-10-6-19(7-11-21)15-27(14-18-4-8-20(24)9-5-18)23-12-13-26(3)16-22(23)25/h4-11,17,22-23H,12-16H2,1-3H3/t22-,23+/m0/s1. The average Bonchev–Trinajstić information content (AvgIpc) is 2.64. The number of rotatable bonds is 7. The first-order valence-electron chi connectivity index (χ1n) is 9.97. The van der Waals surface area contributed by atoms with Crippen LogP contribution in [0.2, 0.25) is 0 Å². The third-order valence-corrected chi connectivity index (χ3v) is 5.16. The van der Waals surface area contributed by atoms with Crippen LogP contribution in [0.4, 0.5) is 8.78 Å². The lowest BCUT2D eigenvalue weighted by atomic mass is 9.99. The number of ether oxygens (including phenoxy) is 1. The predicted octanol–water partition coefficient (Wildman–Crippen LogP) is 4.66. The fourth-order valence-corrected chi connectivity index (χ4v) is 3.75. The molecule has 5 heteroatoms. The minimum Gasteiger partial charge on any atom is -0.491 e. The molecule has 2 atom stereocenters. The maximum absolute atomic E-state index is 14.9. The Morgan fingerprint density at radius 2 is 1.61 bits per heavy atom. The molecular formula is C23H30F2N2O. The molecule has 0 spiro atoms. The van der Waals surface area contributed by atoms with Gasteiger partial charge in [-0.2, -0.15) is 0 Å². The first-order chi connectivity index (χ1) is 13.4. The van der Waals surface area contributed by atoms with Crippen LogP contribution in [-0.4, -0.2) is 48.3 Å². The van der Waals surface area contributed by atoms with E-state index in [1.165, 1.54) is 12.1 Å². The van der Waals surface area contributed by atoms with Gasteiger partial charge >= 0.3 is 0 Å². The molecule has 1 saturated heterocycles. The number of alkyl halides is 1. The van der Waals surface area contributed by atoms with Gasteiger partial charge in [-0.1, -0.05) is 24.3 Å². The third-order valence-electron chi connectivity index (χ3n) is 5.16. The van der Waals surface area contributed by atoms with Crippen molar-refractivity contribution in [3.05, 3.63) is 65.5 Å². The number of hydrogen-bond acceptors (Lipinski definition) is 3. The van der Waals surface area contributed by atoms with Crippen molar-refractivity contribution in [2.75, 3.05) is 20.1 Å². The van der Waals surface area contributed by atoms with Crippen molar-refractivity contribution in [1.29, 1.82) is 0 Å². The second kappa shape index (κ2) is 9.48. The van der Waals surface area contributed by atoms with Gasteiger partial charge in [-0.25, -0.2) is 8.78 Å². The molecule has 2 aromatic rings. The summed E-state index contributed by atoms with van der Waals surface area (Å²) in [5.74, 6) is 0.588. The van der Waals surface area contributed by atoms with Crippen molar-refractivity contribution in [3.8, 4) is 5.75 Å². The lowest BCUT2D eigenvalue weighted by Crippen LogP contribution is -2.50. The Balaban J connectivity index is 1.76. The Kier molecular flexibility index (Phi) is 7.03. The largest absolute Gasteiger partial charge is 0.491 e. The molecule has 0 amide bonds. The molecule has 0 bridgehead atoms. The summed E-state index contributed by atoms with van der Waals surface area (Å²) in [4.78, 5) is 4.22. The number of nitrogens with zero attached hydrogens (tertiary/aromatic N) is 2. The zero-order valence-corrected chi connectivity index (χ0v) is 16.9. The first-order valence-corrected chi connectivity index (χ1v) is 9.97. The number of hydrogen-bond donors (Lipinski definition) is 0. The monoisotopic (exact) mass is 388 g/mol. The van der Waals surface area contributed by atoms with E-state index < -0.39 is 6.17 Å². The van der Waals surface area contributed by atoms with Crippen LogP contribution in [-0.2, 0) is 13.1 Å². The summed E-state index contributed by atoms with van der Waals surface area (Å²) >= 11 is 0. The van der Waals surface area contributed by atoms with Gasteiger partial charge in [-0.05, 0) is 69.3 Å². The van der Waals surface area contributed by atoms with E-state index in [0.717, 1.165) is 29.8 Å². The normalized spacial score (nSPS) is 20.7. The van der Waals surface area contributed by atoms with Gasteiger partial charge in [0.15, 0.2) is 0 Å². The van der Waals surface area contributed by atoms with E-state index in [4.69, 9.17) is 4.74 Å². The molecule has 0 aromatic heterocycles. The Labute approximate surface area is 166 Å².